The second-order valence-electron chi connectivity index (χ2n) is 5.05. The van der Waals surface area contributed by atoms with E-state index in [2.05, 4.69) is 24.9 Å². The van der Waals surface area contributed by atoms with Crippen molar-refractivity contribution >= 4 is 0 Å². The third kappa shape index (κ3) is 4.40. The summed E-state index contributed by atoms with van der Waals surface area (Å²) in [6, 6.07) is 15.1. The Morgan fingerprint density at radius 2 is 2.00 bits per heavy atom. The second-order valence-corrected chi connectivity index (χ2v) is 5.05. The number of hydrogen-bond acceptors (Lipinski definition) is 2. The monoisotopic (exact) mass is 254 g/mol. The molecule has 0 aliphatic heterocycles. The molecule has 0 spiro atoms. The maximum atomic E-state index is 5.65. The third-order valence-electron chi connectivity index (χ3n) is 2.91. The molecule has 1 radical (unpaired) electrons. The van der Waals surface area contributed by atoms with Crippen LogP contribution in [0.4, 0.5) is 0 Å². The van der Waals surface area contributed by atoms with Crippen LogP contribution in [0.3, 0.4) is 0 Å². The highest BCUT2D eigenvalue weighted by molar-refractivity contribution is 5.58. The van der Waals surface area contributed by atoms with Crippen molar-refractivity contribution < 1.29 is 4.74 Å². The molecule has 0 atom stereocenters. The average Bonchev–Trinajstić information content (AvgIpc) is 2.45. The first-order valence-corrected chi connectivity index (χ1v) is 6.81. The molecular formula is C17H20NO. The van der Waals surface area contributed by atoms with E-state index >= 15 is 0 Å². The van der Waals surface area contributed by atoms with Gasteiger partial charge in [0.15, 0.2) is 0 Å². The predicted molar refractivity (Wildman–Crippen MR) is 78.1 cm³/mol. The van der Waals surface area contributed by atoms with Gasteiger partial charge in [-0.2, -0.15) is 0 Å². The van der Waals surface area contributed by atoms with Gasteiger partial charge in [0.1, 0.15) is 5.75 Å². The number of rotatable bonds is 6. The Morgan fingerprint density at radius 3 is 2.63 bits per heavy atom. The number of pyridine rings is 1. The average molecular weight is 254 g/mol. The second kappa shape index (κ2) is 6.93. The molecule has 19 heavy (non-hydrogen) atoms. The van der Waals surface area contributed by atoms with Crippen LogP contribution in [-0.2, 0) is 0 Å². The van der Waals surface area contributed by atoms with E-state index < -0.39 is 0 Å². The Morgan fingerprint density at radius 1 is 1.21 bits per heavy atom. The van der Waals surface area contributed by atoms with Crippen LogP contribution in [-0.4, -0.2) is 11.6 Å². The van der Waals surface area contributed by atoms with E-state index in [9.17, 15) is 0 Å². The number of nitrogens with zero attached hydrogens (tertiary/aromatic N) is 1. The molecule has 0 aliphatic rings. The van der Waals surface area contributed by atoms with Gasteiger partial charge in [-0.05, 0) is 24.8 Å². The Labute approximate surface area is 115 Å². The summed E-state index contributed by atoms with van der Waals surface area (Å²) in [7, 11) is 0. The molecule has 0 N–H and O–H groups in total. The largest absolute Gasteiger partial charge is 0.492 e. The van der Waals surface area contributed by atoms with Gasteiger partial charge in [-0.3, -0.25) is 4.98 Å². The van der Waals surface area contributed by atoms with Gasteiger partial charge in [-0.1, -0.05) is 44.2 Å². The Kier molecular flexibility index (Phi) is 4.96. The van der Waals surface area contributed by atoms with Crippen molar-refractivity contribution in [3.63, 3.8) is 0 Å². The zero-order valence-electron chi connectivity index (χ0n) is 11.6. The summed E-state index contributed by atoms with van der Waals surface area (Å²) in [5, 5.41) is 0. The van der Waals surface area contributed by atoms with Crippen molar-refractivity contribution in [3.05, 3.63) is 48.7 Å². The first-order valence-electron chi connectivity index (χ1n) is 6.81. The SMILES string of the molecule is CC(C)CCCOc1c[c]c(-c2ccccc2)nc1. The summed E-state index contributed by atoms with van der Waals surface area (Å²) in [5.41, 5.74) is 1.93. The summed E-state index contributed by atoms with van der Waals surface area (Å²) in [5.74, 6) is 1.53. The fourth-order valence-electron chi connectivity index (χ4n) is 1.86. The molecule has 0 amide bonds. The molecule has 2 heteroatoms. The third-order valence-corrected chi connectivity index (χ3v) is 2.91. The minimum Gasteiger partial charge on any atom is -0.492 e. The lowest BCUT2D eigenvalue weighted by atomic mass is 10.1. The topological polar surface area (TPSA) is 22.1 Å². The highest BCUT2D eigenvalue weighted by atomic mass is 16.5. The van der Waals surface area contributed by atoms with Crippen molar-refractivity contribution in [3.8, 4) is 17.0 Å². The molecular weight excluding hydrogens is 234 g/mol. The van der Waals surface area contributed by atoms with Crippen molar-refractivity contribution in [2.45, 2.75) is 26.7 Å². The number of hydrogen-bond donors (Lipinski definition) is 0. The molecule has 99 valence electrons. The molecule has 0 fully saturated rings. The lowest BCUT2D eigenvalue weighted by molar-refractivity contribution is 0.296. The van der Waals surface area contributed by atoms with E-state index in [4.69, 9.17) is 4.74 Å². The molecule has 1 heterocycles. The molecule has 0 unspecified atom stereocenters. The van der Waals surface area contributed by atoms with Crippen LogP contribution >= 0.6 is 0 Å². The quantitative estimate of drug-likeness (QED) is 0.714. The van der Waals surface area contributed by atoms with Crippen LogP contribution in [0.5, 0.6) is 5.75 Å². The summed E-state index contributed by atoms with van der Waals surface area (Å²) in [4.78, 5) is 4.38. The lowest BCUT2D eigenvalue weighted by Gasteiger charge is -2.07. The van der Waals surface area contributed by atoms with Gasteiger partial charge in [-0.25, -0.2) is 0 Å². The van der Waals surface area contributed by atoms with Crippen LogP contribution in [0.15, 0.2) is 42.6 Å². The minimum atomic E-state index is 0.730. The Bertz CT molecular complexity index is 476. The van der Waals surface area contributed by atoms with Gasteiger partial charge in [0.05, 0.1) is 18.5 Å². The fourth-order valence-corrected chi connectivity index (χ4v) is 1.86. The van der Waals surface area contributed by atoms with Crippen LogP contribution in [0.25, 0.3) is 11.3 Å². The number of ether oxygens (including phenoxy) is 1. The zero-order valence-corrected chi connectivity index (χ0v) is 11.6. The van der Waals surface area contributed by atoms with Gasteiger partial charge in [0, 0.05) is 11.6 Å². The van der Waals surface area contributed by atoms with Gasteiger partial charge in [-0.15, -0.1) is 0 Å². The first kappa shape index (κ1) is 13.6. The lowest BCUT2D eigenvalue weighted by Crippen LogP contribution is -2.00. The van der Waals surface area contributed by atoms with Crippen molar-refractivity contribution in [1.82, 2.24) is 4.98 Å². The maximum absolute atomic E-state index is 5.65. The first-order chi connectivity index (χ1) is 9.25. The summed E-state index contributed by atoms with van der Waals surface area (Å²) in [6.07, 6.45) is 4.05. The van der Waals surface area contributed by atoms with Crippen molar-refractivity contribution in [1.29, 1.82) is 0 Å². The van der Waals surface area contributed by atoms with Crippen molar-refractivity contribution in [2.75, 3.05) is 6.61 Å². The zero-order chi connectivity index (χ0) is 13.5. The van der Waals surface area contributed by atoms with Crippen LogP contribution in [0.1, 0.15) is 26.7 Å². The van der Waals surface area contributed by atoms with Gasteiger partial charge >= 0.3 is 0 Å². The van der Waals surface area contributed by atoms with E-state index in [-0.39, 0.29) is 0 Å². The standard InChI is InChI=1S/C17H20NO/c1-14(2)7-6-12-19-16-10-11-17(18-13-16)15-8-4-3-5-9-15/h3-5,8-10,13-14H,6-7,12H2,1-2H3. The molecule has 1 aromatic carbocycles. The van der Waals surface area contributed by atoms with Crippen molar-refractivity contribution in [2.24, 2.45) is 5.92 Å². The van der Waals surface area contributed by atoms with Gasteiger partial charge in [0.25, 0.3) is 0 Å². The van der Waals surface area contributed by atoms with E-state index in [1.807, 2.05) is 36.4 Å². The predicted octanol–water partition coefficient (Wildman–Crippen LogP) is 4.36. The maximum Gasteiger partial charge on any atom is 0.138 e. The number of aromatic nitrogens is 1. The fraction of sp³-hybridized carbons (Fsp3) is 0.353. The van der Waals surface area contributed by atoms with Crippen LogP contribution < -0.4 is 4.74 Å². The van der Waals surface area contributed by atoms with E-state index in [1.54, 1.807) is 6.20 Å². The molecule has 0 saturated carbocycles. The van der Waals surface area contributed by atoms with E-state index in [0.717, 1.165) is 36.0 Å². The molecule has 2 nitrogen and oxygen atoms in total. The highest BCUT2D eigenvalue weighted by Crippen LogP contribution is 2.18. The van der Waals surface area contributed by atoms with Gasteiger partial charge in [0.2, 0.25) is 0 Å². The summed E-state index contributed by atoms with van der Waals surface area (Å²) < 4.78 is 5.65. The smallest absolute Gasteiger partial charge is 0.138 e. The molecule has 2 aromatic rings. The molecule has 1 aromatic heterocycles. The van der Waals surface area contributed by atoms with Gasteiger partial charge < -0.3 is 4.74 Å². The number of benzene rings is 1. The Hall–Kier alpha value is -1.83. The van der Waals surface area contributed by atoms with E-state index in [1.165, 1.54) is 6.42 Å². The minimum absolute atomic E-state index is 0.730. The van der Waals surface area contributed by atoms with E-state index in [0.29, 0.717) is 0 Å². The summed E-state index contributed by atoms with van der Waals surface area (Å²) >= 11 is 0. The normalized spacial score (nSPS) is 10.7. The highest BCUT2D eigenvalue weighted by Gasteiger charge is 2.00. The molecule has 2 rings (SSSR count). The van der Waals surface area contributed by atoms with Crippen LogP contribution in [0, 0.1) is 12.0 Å². The van der Waals surface area contributed by atoms with Crippen LogP contribution in [0.2, 0.25) is 0 Å². The molecule has 0 bridgehead atoms. The molecule has 0 saturated heterocycles. The summed E-state index contributed by atoms with van der Waals surface area (Å²) in [6.45, 7) is 5.20. The Balaban J connectivity index is 1.88. The molecule has 0 aliphatic carbocycles.